The van der Waals surface area contributed by atoms with Gasteiger partial charge in [-0.05, 0) is 0 Å². The molecule has 1 saturated heterocycles. The lowest BCUT2D eigenvalue weighted by atomic mass is 10.4. The number of hydrazine groups is 1. The molecule has 0 radical (unpaired) electrons. The molecule has 9 heavy (non-hydrogen) atoms. The maximum Gasteiger partial charge on any atom is 0.159 e. The van der Waals surface area contributed by atoms with Gasteiger partial charge in [0.05, 0.1) is 13.2 Å². The summed E-state index contributed by atoms with van der Waals surface area (Å²) < 4.78 is 10.3. The van der Waals surface area contributed by atoms with Crippen molar-refractivity contribution in [3.63, 3.8) is 0 Å². The van der Waals surface area contributed by atoms with E-state index in [0.717, 1.165) is 26.2 Å². The van der Waals surface area contributed by atoms with Crippen molar-refractivity contribution in [2.75, 3.05) is 19.8 Å². The fourth-order valence-electron chi connectivity index (χ4n) is 0.775. The van der Waals surface area contributed by atoms with Crippen molar-refractivity contribution < 1.29 is 9.47 Å². The Balaban J connectivity index is 1.98. The van der Waals surface area contributed by atoms with Crippen molar-refractivity contribution >= 4 is 0 Å². The topological polar surface area (TPSA) is 56.5 Å². The second-order valence-corrected chi connectivity index (χ2v) is 1.91. The van der Waals surface area contributed by atoms with E-state index in [0.29, 0.717) is 0 Å². The van der Waals surface area contributed by atoms with E-state index < -0.39 is 0 Å². The second-order valence-electron chi connectivity index (χ2n) is 1.91. The molecule has 4 nitrogen and oxygen atoms in total. The molecular formula is C5H12N2O2. The Labute approximate surface area is 54.3 Å². The summed E-state index contributed by atoms with van der Waals surface area (Å²) in [4.78, 5) is 0. The summed E-state index contributed by atoms with van der Waals surface area (Å²) in [6.07, 6.45) is 0.803. The lowest BCUT2D eigenvalue weighted by Gasteiger charge is -2.06. The van der Waals surface area contributed by atoms with Gasteiger partial charge in [0.15, 0.2) is 6.29 Å². The minimum absolute atomic E-state index is 0.0268. The van der Waals surface area contributed by atoms with Crippen molar-refractivity contribution in [1.29, 1.82) is 0 Å². The van der Waals surface area contributed by atoms with Crippen molar-refractivity contribution in [2.45, 2.75) is 12.7 Å². The molecule has 0 unspecified atom stereocenters. The summed E-state index contributed by atoms with van der Waals surface area (Å²) in [5, 5.41) is 0. The largest absolute Gasteiger partial charge is 0.350 e. The molecule has 1 aliphatic rings. The highest BCUT2D eigenvalue weighted by molar-refractivity contribution is 4.52. The summed E-state index contributed by atoms with van der Waals surface area (Å²) in [5.41, 5.74) is 2.53. The lowest BCUT2D eigenvalue weighted by Crippen LogP contribution is -2.26. The highest BCUT2D eigenvalue weighted by Gasteiger charge is 2.13. The predicted octanol–water partition coefficient (Wildman–Crippen LogP) is -0.787. The van der Waals surface area contributed by atoms with Crippen LogP contribution in [0.2, 0.25) is 0 Å². The third-order valence-corrected chi connectivity index (χ3v) is 1.22. The van der Waals surface area contributed by atoms with Gasteiger partial charge in [0.25, 0.3) is 0 Å². The molecule has 0 aliphatic carbocycles. The van der Waals surface area contributed by atoms with Crippen LogP contribution in [0.1, 0.15) is 6.42 Å². The van der Waals surface area contributed by atoms with Gasteiger partial charge in [-0.2, -0.15) is 0 Å². The molecule has 0 atom stereocenters. The number of nitrogens with one attached hydrogen (secondary N) is 1. The molecule has 0 amide bonds. The summed E-state index contributed by atoms with van der Waals surface area (Å²) >= 11 is 0. The molecule has 0 aromatic rings. The van der Waals surface area contributed by atoms with E-state index in [2.05, 4.69) is 5.43 Å². The van der Waals surface area contributed by atoms with E-state index in [9.17, 15) is 0 Å². The Hall–Kier alpha value is -0.160. The van der Waals surface area contributed by atoms with Crippen LogP contribution in [0.3, 0.4) is 0 Å². The van der Waals surface area contributed by atoms with Crippen LogP contribution in [0.4, 0.5) is 0 Å². The SMILES string of the molecule is NNCCC1OCCO1. The quantitative estimate of drug-likeness (QED) is 0.390. The third-order valence-electron chi connectivity index (χ3n) is 1.22. The van der Waals surface area contributed by atoms with Gasteiger partial charge in [-0.15, -0.1) is 0 Å². The van der Waals surface area contributed by atoms with Gasteiger partial charge >= 0.3 is 0 Å². The van der Waals surface area contributed by atoms with Gasteiger partial charge < -0.3 is 9.47 Å². The first-order chi connectivity index (χ1) is 4.43. The predicted molar refractivity (Wildman–Crippen MR) is 32.5 cm³/mol. The normalized spacial score (nSPS) is 21.0. The van der Waals surface area contributed by atoms with Crippen molar-refractivity contribution in [3.05, 3.63) is 0 Å². The Morgan fingerprint density at radius 3 is 2.67 bits per heavy atom. The Morgan fingerprint density at radius 1 is 1.44 bits per heavy atom. The van der Waals surface area contributed by atoms with Crippen LogP contribution in [0.15, 0.2) is 0 Å². The van der Waals surface area contributed by atoms with E-state index in [1.165, 1.54) is 0 Å². The zero-order valence-electron chi connectivity index (χ0n) is 5.30. The minimum Gasteiger partial charge on any atom is -0.350 e. The standard InChI is InChI=1S/C5H12N2O2/c6-7-2-1-5-8-3-4-9-5/h5,7H,1-4,6H2. The number of hydrogen-bond acceptors (Lipinski definition) is 4. The monoisotopic (exact) mass is 132 g/mol. The average molecular weight is 132 g/mol. The van der Waals surface area contributed by atoms with Gasteiger partial charge in [-0.25, -0.2) is 0 Å². The lowest BCUT2D eigenvalue weighted by molar-refractivity contribution is -0.0459. The van der Waals surface area contributed by atoms with Crippen LogP contribution in [-0.2, 0) is 9.47 Å². The average Bonchev–Trinajstić information content (AvgIpc) is 2.34. The fourth-order valence-corrected chi connectivity index (χ4v) is 0.775. The molecule has 0 spiro atoms. The maximum absolute atomic E-state index is 5.14. The second kappa shape index (κ2) is 3.79. The molecule has 54 valence electrons. The molecule has 1 heterocycles. The Kier molecular flexibility index (Phi) is 2.93. The number of rotatable bonds is 3. The molecule has 4 heteroatoms. The van der Waals surface area contributed by atoms with Gasteiger partial charge in [0, 0.05) is 13.0 Å². The molecule has 1 aliphatic heterocycles. The molecular weight excluding hydrogens is 120 g/mol. The first-order valence-corrected chi connectivity index (χ1v) is 3.10. The van der Waals surface area contributed by atoms with E-state index in [-0.39, 0.29) is 6.29 Å². The van der Waals surface area contributed by atoms with Crippen LogP contribution in [0.5, 0.6) is 0 Å². The summed E-state index contributed by atoms with van der Waals surface area (Å²) in [7, 11) is 0. The molecule has 0 saturated carbocycles. The van der Waals surface area contributed by atoms with E-state index in [4.69, 9.17) is 15.3 Å². The molecule has 1 fully saturated rings. The molecule has 0 bridgehead atoms. The van der Waals surface area contributed by atoms with Crippen LogP contribution >= 0.6 is 0 Å². The minimum atomic E-state index is -0.0268. The number of nitrogens with two attached hydrogens (primary N) is 1. The van der Waals surface area contributed by atoms with Crippen LogP contribution in [-0.4, -0.2) is 26.0 Å². The number of hydrogen-bond donors (Lipinski definition) is 2. The molecule has 3 N–H and O–H groups in total. The summed E-state index contributed by atoms with van der Waals surface area (Å²) in [6, 6.07) is 0. The fraction of sp³-hybridized carbons (Fsp3) is 1.00. The molecule has 1 rings (SSSR count). The first-order valence-electron chi connectivity index (χ1n) is 3.10. The van der Waals surface area contributed by atoms with E-state index >= 15 is 0 Å². The van der Waals surface area contributed by atoms with Gasteiger partial charge in [0.1, 0.15) is 0 Å². The highest BCUT2D eigenvalue weighted by Crippen LogP contribution is 2.05. The summed E-state index contributed by atoms with van der Waals surface area (Å²) in [5.74, 6) is 5.05. The van der Waals surface area contributed by atoms with Crippen molar-refractivity contribution in [1.82, 2.24) is 5.43 Å². The zero-order chi connectivity index (χ0) is 6.53. The zero-order valence-corrected chi connectivity index (χ0v) is 5.30. The van der Waals surface area contributed by atoms with E-state index in [1.807, 2.05) is 0 Å². The van der Waals surface area contributed by atoms with Gasteiger partial charge in [-0.1, -0.05) is 0 Å². The van der Waals surface area contributed by atoms with Gasteiger partial charge in [-0.3, -0.25) is 11.3 Å². The van der Waals surface area contributed by atoms with Crippen molar-refractivity contribution in [2.24, 2.45) is 5.84 Å². The van der Waals surface area contributed by atoms with Crippen LogP contribution < -0.4 is 11.3 Å². The number of ether oxygens (including phenoxy) is 2. The molecule has 0 aromatic heterocycles. The Bertz CT molecular complexity index is 73.4. The van der Waals surface area contributed by atoms with Gasteiger partial charge in [0.2, 0.25) is 0 Å². The van der Waals surface area contributed by atoms with E-state index in [1.54, 1.807) is 0 Å². The third kappa shape index (κ3) is 2.28. The smallest absolute Gasteiger partial charge is 0.159 e. The maximum atomic E-state index is 5.14. The molecule has 0 aromatic carbocycles. The van der Waals surface area contributed by atoms with Crippen LogP contribution in [0, 0.1) is 0 Å². The first kappa shape index (κ1) is 6.95. The van der Waals surface area contributed by atoms with Crippen LogP contribution in [0.25, 0.3) is 0 Å². The summed E-state index contributed by atoms with van der Waals surface area (Å²) in [6.45, 7) is 2.18. The Morgan fingerprint density at radius 2 is 2.11 bits per heavy atom. The van der Waals surface area contributed by atoms with Crippen molar-refractivity contribution in [3.8, 4) is 0 Å². The highest BCUT2D eigenvalue weighted by atomic mass is 16.7.